The van der Waals surface area contributed by atoms with Crippen molar-refractivity contribution in [3.8, 4) is 0 Å². The minimum atomic E-state index is 0.848. The maximum Gasteiger partial charge on any atom is 0.0496 e. The van der Waals surface area contributed by atoms with Crippen molar-refractivity contribution in [2.45, 2.75) is 10.2 Å². The highest BCUT2D eigenvalue weighted by Crippen LogP contribution is 2.38. The number of hydrogen-bond donors (Lipinski definition) is 0. The number of halogens is 2. The van der Waals surface area contributed by atoms with E-state index in [1.165, 1.54) is 19.9 Å². The molecule has 0 spiro atoms. The zero-order chi connectivity index (χ0) is 10.1. The second-order valence-corrected chi connectivity index (χ2v) is 5.79. The van der Waals surface area contributed by atoms with E-state index in [4.69, 9.17) is 11.6 Å². The molecule has 0 amide bonds. The standard InChI is InChI=1S/C10H8BrClS2/c1-13-9-3-2-8(12)7-4-6(5-11)14-10(7)9/h2-4H,5H2,1H3. The molecular weight excluding hydrogens is 300 g/mol. The molecule has 4 heteroatoms. The molecule has 2 aromatic rings. The van der Waals surface area contributed by atoms with Gasteiger partial charge in [0.1, 0.15) is 0 Å². The van der Waals surface area contributed by atoms with Crippen molar-refractivity contribution in [1.82, 2.24) is 0 Å². The van der Waals surface area contributed by atoms with Crippen LogP contribution in [0.3, 0.4) is 0 Å². The van der Waals surface area contributed by atoms with Gasteiger partial charge in [-0.1, -0.05) is 27.5 Å². The van der Waals surface area contributed by atoms with Crippen molar-refractivity contribution in [2.75, 3.05) is 6.26 Å². The molecule has 0 N–H and O–H groups in total. The Morgan fingerprint density at radius 1 is 1.50 bits per heavy atom. The summed E-state index contributed by atoms with van der Waals surface area (Å²) in [6, 6.07) is 6.22. The molecular formula is C10H8BrClS2. The Kier molecular flexibility index (Phi) is 3.42. The van der Waals surface area contributed by atoms with Gasteiger partial charge >= 0.3 is 0 Å². The Bertz CT molecular complexity index is 464. The predicted molar refractivity (Wildman–Crippen MR) is 71.2 cm³/mol. The molecule has 1 heterocycles. The molecule has 0 aliphatic heterocycles. The highest BCUT2D eigenvalue weighted by atomic mass is 79.9. The van der Waals surface area contributed by atoms with Crippen molar-refractivity contribution < 1.29 is 0 Å². The van der Waals surface area contributed by atoms with Crippen LogP contribution in [0.5, 0.6) is 0 Å². The van der Waals surface area contributed by atoms with E-state index in [-0.39, 0.29) is 0 Å². The van der Waals surface area contributed by atoms with Gasteiger partial charge in [-0.2, -0.15) is 0 Å². The van der Waals surface area contributed by atoms with Crippen molar-refractivity contribution in [3.63, 3.8) is 0 Å². The molecule has 0 bridgehead atoms. The summed E-state index contributed by atoms with van der Waals surface area (Å²) in [5, 5.41) is 2.93. The van der Waals surface area contributed by atoms with Crippen LogP contribution in [0.1, 0.15) is 4.88 Å². The topological polar surface area (TPSA) is 0 Å². The quantitative estimate of drug-likeness (QED) is 0.545. The van der Waals surface area contributed by atoms with E-state index in [2.05, 4.69) is 34.3 Å². The first-order valence-electron chi connectivity index (χ1n) is 4.07. The number of fused-ring (bicyclic) bond motifs is 1. The monoisotopic (exact) mass is 306 g/mol. The van der Waals surface area contributed by atoms with Crippen LogP contribution in [-0.4, -0.2) is 6.26 Å². The highest BCUT2D eigenvalue weighted by molar-refractivity contribution is 9.08. The van der Waals surface area contributed by atoms with E-state index in [1.54, 1.807) is 11.8 Å². The Labute approximate surface area is 105 Å². The molecule has 0 saturated carbocycles. The lowest BCUT2D eigenvalue weighted by Gasteiger charge is -1.99. The van der Waals surface area contributed by atoms with Crippen LogP contribution >= 0.6 is 50.6 Å². The lowest BCUT2D eigenvalue weighted by Crippen LogP contribution is -1.71. The van der Waals surface area contributed by atoms with Crippen LogP contribution in [0.4, 0.5) is 0 Å². The Morgan fingerprint density at radius 3 is 2.93 bits per heavy atom. The molecule has 1 aromatic carbocycles. The highest BCUT2D eigenvalue weighted by Gasteiger charge is 2.08. The molecule has 1 aromatic heterocycles. The summed E-state index contributed by atoms with van der Waals surface area (Å²) in [6.45, 7) is 0. The minimum absolute atomic E-state index is 0.848. The van der Waals surface area contributed by atoms with Gasteiger partial charge in [-0.05, 0) is 24.5 Å². The second-order valence-electron chi connectivity index (χ2n) is 2.84. The molecule has 0 nitrogen and oxygen atoms in total. The molecule has 0 aliphatic carbocycles. The van der Waals surface area contributed by atoms with Crippen LogP contribution in [-0.2, 0) is 5.33 Å². The first kappa shape index (κ1) is 10.8. The second kappa shape index (κ2) is 4.44. The number of rotatable bonds is 2. The van der Waals surface area contributed by atoms with Gasteiger partial charge in [0.25, 0.3) is 0 Å². The van der Waals surface area contributed by atoms with Crippen LogP contribution in [0.15, 0.2) is 23.1 Å². The average Bonchev–Trinajstić information content (AvgIpc) is 2.63. The number of thiophene rings is 1. The summed E-state index contributed by atoms with van der Waals surface area (Å²) in [7, 11) is 0. The van der Waals surface area contributed by atoms with E-state index in [0.717, 1.165) is 10.4 Å². The lowest BCUT2D eigenvalue weighted by atomic mass is 10.2. The van der Waals surface area contributed by atoms with Crippen molar-refractivity contribution in [2.24, 2.45) is 0 Å². The summed E-state index contributed by atoms with van der Waals surface area (Å²) in [4.78, 5) is 2.63. The third kappa shape index (κ3) is 1.83. The largest absolute Gasteiger partial charge is 0.138 e. The Balaban J connectivity index is 2.74. The van der Waals surface area contributed by atoms with Gasteiger partial charge in [-0.15, -0.1) is 23.1 Å². The molecule has 0 saturated heterocycles. The van der Waals surface area contributed by atoms with Gasteiger partial charge in [0.05, 0.1) is 0 Å². The maximum absolute atomic E-state index is 6.14. The third-order valence-corrected chi connectivity index (χ3v) is 5.38. The van der Waals surface area contributed by atoms with Crippen LogP contribution in [0.2, 0.25) is 5.02 Å². The SMILES string of the molecule is CSc1ccc(Cl)c2cc(CBr)sc12. The van der Waals surface area contributed by atoms with E-state index in [9.17, 15) is 0 Å². The predicted octanol–water partition coefficient (Wildman–Crippen LogP) is 5.17. The van der Waals surface area contributed by atoms with Crippen molar-refractivity contribution in [3.05, 3.63) is 28.1 Å². The smallest absolute Gasteiger partial charge is 0.0496 e. The number of benzene rings is 1. The van der Waals surface area contributed by atoms with Gasteiger partial charge in [-0.3, -0.25) is 0 Å². The Hall–Kier alpha value is 0.300. The number of alkyl halides is 1. The zero-order valence-electron chi connectivity index (χ0n) is 7.51. The molecule has 14 heavy (non-hydrogen) atoms. The van der Waals surface area contributed by atoms with E-state index < -0.39 is 0 Å². The maximum atomic E-state index is 6.14. The lowest BCUT2D eigenvalue weighted by molar-refractivity contribution is 1.58. The molecule has 74 valence electrons. The molecule has 0 aliphatic rings. The van der Waals surface area contributed by atoms with Crippen LogP contribution in [0, 0.1) is 0 Å². The van der Waals surface area contributed by atoms with Crippen LogP contribution < -0.4 is 0 Å². The number of thioether (sulfide) groups is 1. The first-order chi connectivity index (χ1) is 6.76. The molecule has 0 unspecified atom stereocenters. The van der Waals surface area contributed by atoms with E-state index in [0.29, 0.717) is 0 Å². The summed E-state index contributed by atoms with van der Waals surface area (Å²) >= 11 is 13.2. The summed E-state index contributed by atoms with van der Waals surface area (Å²) < 4.78 is 1.31. The van der Waals surface area contributed by atoms with Crippen molar-refractivity contribution in [1.29, 1.82) is 0 Å². The fourth-order valence-electron chi connectivity index (χ4n) is 1.34. The number of hydrogen-bond acceptors (Lipinski definition) is 2. The van der Waals surface area contributed by atoms with Gasteiger partial charge in [0.2, 0.25) is 0 Å². The average molecular weight is 308 g/mol. The van der Waals surface area contributed by atoms with Gasteiger partial charge in [-0.25, -0.2) is 0 Å². The van der Waals surface area contributed by atoms with Crippen LogP contribution in [0.25, 0.3) is 10.1 Å². The van der Waals surface area contributed by atoms with Gasteiger partial charge in [0, 0.05) is 30.2 Å². The molecule has 2 rings (SSSR count). The molecule has 0 radical (unpaired) electrons. The summed E-state index contributed by atoms with van der Waals surface area (Å²) in [5.74, 6) is 0. The van der Waals surface area contributed by atoms with Crippen molar-refractivity contribution >= 4 is 60.7 Å². The zero-order valence-corrected chi connectivity index (χ0v) is 11.5. The first-order valence-corrected chi connectivity index (χ1v) is 7.61. The van der Waals surface area contributed by atoms with Gasteiger partial charge < -0.3 is 0 Å². The Morgan fingerprint density at radius 2 is 2.29 bits per heavy atom. The fraction of sp³-hybridized carbons (Fsp3) is 0.200. The van der Waals surface area contributed by atoms with E-state index in [1.807, 2.05) is 17.4 Å². The fourth-order valence-corrected chi connectivity index (χ4v) is 3.93. The van der Waals surface area contributed by atoms with Gasteiger partial charge in [0.15, 0.2) is 0 Å². The molecule has 0 fully saturated rings. The summed E-state index contributed by atoms with van der Waals surface area (Å²) in [5.41, 5.74) is 0. The molecule has 0 atom stereocenters. The van der Waals surface area contributed by atoms with E-state index >= 15 is 0 Å². The third-order valence-electron chi connectivity index (χ3n) is 2.00. The minimum Gasteiger partial charge on any atom is -0.138 e. The summed E-state index contributed by atoms with van der Waals surface area (Å²) in [6.07, 6.45) is 2.09. The normalized spacial score (nSPS) is 11.1.